The van der Waals surface area contributed by atoms with Gasteiger partial charge in [-0.1, -0.05) is 0 Å². The van der Waals surface area contributed by atoms with E-state index in [0.29, 0.717) is 6.54 Å². The van der Waals surface area contributed by atoms with Gasteiger partial charge in [0, 0.05) is 17.6 Å². The summed E-state index contributed by atoms with van der Waals surface area (Å²) in [5, 5.41) is 0.804. The first-order chi connectivity index (χ1) is 6.70. The number of rotatable bonds is 1. The molecule has 2 nitrogen and oxygen atoms in total. The normalized spacial score (nSPS) is 10.8. The summed E-state index contributed by atoms with van der Waals surface area (Å²) in [6.07, 6.45) is 0. The monoisotopic (exact) mass is 190 g/mol. The minimum atomic E-state index is -0.252. The van der Waals surface area contributed by atoms with Crippen LogP contribution in [0.3, 0.4) is 0 Å². The zero-order valence-electron chi connectivity index (χ0n) is 7.92. The van der Waals surface area contributed by atoms with Gasteiger partial charge in [-0.15, -0.1) is 0 Å². The number of pyridine rings is 1. The second-order valence-corrected chi connectivity index (χ2v) is 3.29. The van der Waals surface area contributed by atoms with Crippen LogP contribution in [0.2, 0.25) is 0 Å². The van der Waals surface area contributed by atoms with Crippen molar-refractivity contribution in [3.05, 3.63) is 41.3 Å². The van der Waals surface area contributed by atoms with Gasteiger partial charge in [-0.05, 0) is 36.8 Å². The van der Waals surface area contributed by atoms with Gasteiger partial charge in [-0.25, -0.2) is 4.39 Å². The summed E-state index contributed by atoms with van der Waals surface area (Å²) in [5.41, 5.74) is 8.23. The summed E-state index contributed by atoms with van der Waals surface area (Å²) in [6, 6.07) is 6.46. The average molecular weight is 190 g/mol. The third-order valence-corrected chi connectivity index (χ3v) is 2.20. The highest BCUT2D eigenvalue weighted by Gasteiger charge is 2.03. The lowest BCUT2D eigenvalue weighted by Crippen LogP contribution is -1.99. The maximum Gasteiger partial charge on any atom is 0.123 e. The molecule has 0 bridgehead atoms. The van der Waals surface area contributed by atoms with E-state index in [1.807, 2.05) is 13.0 Å². The van der Waals surface area contributed by atoms with Crippen LogP contribution in [0.25, 0.3) is 10.9 Å². The molecule has 72 valence electrons. The number of aromatic nitrogens is 1. The topological polar surface area (TPSA) is 38.9 Å². The van der Waals surface area contributed by atoms with Crippen molar-refractivity contribution in [1.29, 1.82) is 0 Å². The Morgan fingerprint density at radius 3 is 2.86 bits per heavy atom. The Morgan fingerprint density at radius 2 is 2.14 bits per heavy atom. The van der Waals surface area contributed by atoms with Crippen molar-refractivity contribution in [3.8, 4) is 0 Å². The lowest BCUT2D eigenvalue weighted by molar-refractivity contribution is 0.629. The van der Waals surface area contributed by atoms with E-state index in [1.165, 1.54) is 12.1 Å². The average Bonchev–Trinajstić information content (AvgIpc) is 2.17. The molecule has 0 fully saturated rings. The van der Waals surface area contributed by atoms with E-state index < -0.39 is 0 Å². The predicted octanol–water partition coefficient (Wildman–Crippen LogP) is 2.14. The number of fused-ring (bicyclic) bond motifs is 1. The van der Waals surface area contributed by atoms with Crippen molar-refractivity contribution in [2.45, 2.75) is 13.5 Å². The van der Waals surface area contributed by atoms with Gasteiger partial charge in [-0.3, -0.25) is 4.98 Å². The Bertz CT molecular complexity index is 480. The SMILES string of the molecule is Cc1cc(CN)c2cc(F)ccc2n1. The Hall–Kier alpha value is -1.48. The summed E-state index contributed by atoms with van der Waals surface area (Å²) in [6.45, 7) is 2.31. The fourth-order valence-electron chi connectivity index (χ4n) is 1.58. The molecule has 3 heteroatoms. The van der Waals surface area contributed by atoms with Crippen molar-refractivity contribution >= 4 is 10.9 Å². The number of benzene rings is 1. The van der Waals surface area contributed by atoms with Crippen LogP contribution in [-0.4, -0.2) is 4.98 Å². The van der Waals surface area contributed by atoms with Crippen molar-refractivity contribution in [3.63, 3.8) is 0 Å². The minimum Gasteiger partial charge on any atom is -0.326 e. The number of aryl methyl sites for hydroxylation is 1. The van der Waals surface area contributed by atoms with Crippen LogP contribution in [0, 0.1) is 12.7 Å². The molecule has 0 saturated carbocycles. The van der Waals surface area contributed by atoms with E-state index in [9.17, 15) is 4.39 Å². The molecule has 14 heavy (non-hydrogen) atoms. The Kier molecular flexibility index (Phi) is 2.17. The fraction of sp³-hybridized carbons (Fsp3) is 0.182. The second kappa shape index (κ2) is 3.35. The van der Waals surface area contributed by atoms with Crippen LogP contribution in [0.1, 0.15) is 11.3 Å². The standard InChI is InChI=1S/C11H11FN2/c1-7-4-8(6-13)10-5-9(12)2-3-11(10)14-7/h2-5H,6,13H2,1H3. The lowest BCUT2D eigenvalue weighted by Gasteiger charge is -2.05. The van der Waals surface area contributed by atoms with Crippen LogP contribution in [0.4, 0.5) is 4.39 Å². The quantitative estimate of drug-likeness (QED) is 0.748. The highest BCUT2D eigenvalue weighted by Crippen LogP contribution is 2.18. The van der Waals surface area contributed by atoms with Crippen molar-refractivity contribution in [2.75, 3.05) is 0 Å². The van der Waals surface area contributed by atoms with Gasteiger partial charge < -0.3 is 5.73 Å². The molecular formula is C11H11FN2. The molecule has 0 saturated heterocycles. The van der Waals surface area contributed by atoms with E-state index in [1.54, 1.807) is 6.07 Å². The molecule has 0 aliphatic heterocycles. The predicted molar refractivity (Wildman–Crippen MR) is 54.3 cm³/mol. The molecule has 0 aliphatic carbocycles. The van der Waals surface area contributed by atoms with Gasteiger partial charge in [0.2, 0.25) is 0 Å². The molecule has 1 aromatic carbocycles. The van der Waals surface area contributed by atoms with E-state index >= 15 is 0 Å². The van der Waals surface area contributed by atoms with E-state index in [2.05, 4.69) is 4.98 Å². The molecule has 0 unspecified atom stereocenters. The molecule has 2 N–H and O–H groups in total. The first kappa shape index (κ1) is 9.09. The smallest absolute Gasteiger partial charge is 0.123 e. The van der Waals surface area contributed by atoms with Gasteiger partial charge in [0.05, 0.1) is 5.52 Å². The molecule has 1 heterocycles. The molecule has 2 aromatic rings. The number of hydrogen-bond donors (Lipinski definition) is 1. The van der Waals surface area contributed by atoms with Crippen LogP contribution >= 0.6 is 0 Å². The maximum absolute atomic E-state index is 13.0. The van der Waals surface area contributed by atoms with Crippen LogP contribution in [0.5, 0.6) is 0 Å². The first-order valence-corrected chi connectivity index (χ1v) is 4.46. The van der Waals surface area contributed by atoms with Gasteiger partial charge in [0.15, 0.2) is 0 Å². The van der Waals surface area contributed by atoms with Crippen LogP contribution < -0.4 is 5.73 Å². The summed E-state index contributed by atoms with van der Waals surface area (Å²) in [5.74, 6) is -0.252. The second-order valence-electron chi connectivity index (χ2n) is 3.29. The summed E-state index contributed by atoms with van der Waals surface area (Å²) < 4.78 is 13.0. The zero-order valence-corrected chi connectivity index (χ0v) is 7.92. The third-order valence-electron chi connectivity index (χ3n) is 2.20. The molecule has 0 aliphatic rings. The van der Waals surface area contributed by atoms with Crippen molar-refractivity contribution in [2.24, 2.45) is 5.73 Å². The largest absolute Gasteiger partial charge is 0.326 e. The third kappa shape index (κ3) is 1.46. The number of nitrogens with zero attached hydrogens (tertiary/aromatic N) is 1. The van der Waals surface area contributed by atoms with E-state index in [0.717, 1.165) is 22.2 Å². The molecule has 0 amide bonds. The maximum atomic E-state index is 13.0. The van der Waals surface area contributed by atoms with Gasteiger partial charge in [-0.2, -0.15) is 0 Å². The van der Waals surface area contributed by atoms with Gasteiger partial charge in [0.1, 0.15) is 5.82 Å². The van der Waals surface area contributed by atoms with Crippen LogP contribution in [-0.2, 0) is 6.54 Å². The summed E-state index contributed by atoms with van der Waals surface area (Å²) in [4.78, 5) is 4.30. The Balaban J connectivity index is 2.81. The molecule has 0 spiro atoms. The zero-order chi connectivity index (χ0) is 10.1. The first-order valence-electron chi connectivity index (χ1n) is 4.46. The van der Waals surface area contributed by atoms with Gasteiger partial charge >= 0.3 is 0 Å². The highest BCUT2D eigenvalue weighted by molar-refractivity contribution is 5.82. The van der Waals surface area contributed by atoms with Gasteiger partial charge in [0.25, 0.3) is 0 Å². The molecule has 0 radical (unpaired) electrons. The van der Waals surface area contributed by atoms with E-state index in [-0.39, 0.29) is 5.82 Å². The lowest BCUT2D eigenvalue weighted by atomic mass is 10.1. The molecule has 2 rings (SSSR count). The molecule has 0 atom stereocenters. The van der Waals surface area contributed by atoms with Crippen LogP contribution in [0.15, 0.2) is 24.3 Å². The number of hydrogen-bond acceptors (Lipinski definition) is 2. The molecule has 1 aromatic heterocycles. The van der Waals surface area contributed by atoms with Crippen molar-refractivity contribution < 1.29 is 4.39 Å². The fourth-order valence-corrected chi connectivity index (χ4v) is 1.58. The van der Waals surface area contributed by atoms with Crippen molar-refractivity contribution in [1.82, 2.24) is 4.98 Å². The van der Waals surface area contributed by atoms with E-state index in [4.69, 9.17) is 5.73 Å². The number of halogens is 1. The number of nitrogens with two attached hydrogens (primary N) is 1. The Morgan fingerprint density at radius 1 is 1.36 bits per heavy atom. The Labute approximate surface area is 81.6 Å². The highest BCUT2D eigenvalue weighted by atomic mass is 19.1. The minimum absolute atomic E-state index is 0.252. The molecular weight excluding hydrogens is 179 g/mol. The summed E-state index contributed by atoms with van der Waals surface area (Å²) >= 11 is 0. The summed E-state index contributed by atoms with van der Waals surface area (Å²) in [7, 11) is 0.